The van der Waals surface area contributed by atoms with E-state index >= 15 is 0 Å². The number of carboxylic acid groups (broad SMARTS) is 2. The topological polar surface area (TPSA) is 674 Å². The van der Waals surface area contributed by atoms with Crippen molar-refractivity contribution in [2.24, 2.45) is 5.92 Å². The number of rotatable bonds is 67. The first-order chi connectivity index (χ1) is 64.6. The summed E-state index contributed by atoms with van der Waals surface area (Å²) in [6, 6.07) is -4.78. The number of carboxylic acids is 2. The van der Waals surface area contributed by atoms with Crippen LogP contribution in [-0.2, 0) is 85.6 Å². The second-order valence-corrected chi connectivity index (χ2v) is 37.1. The van der Waals surface area contributed by atoms with Crippen LogP contribution in [0.3, 0.4) is 0 Å². The zero-order valence-electron chi connectivity index (χ0n) is 79.1. The highest BCUT2D eigenvalue weighted by atomic mass is 16.8. The molecule has 6 aliphatic rings. The van der Waals surface area contributed by atoms with E-state index in [9.17, 15) is 136 Å². The summed E-state index contributed by atoms with van der Waals surface area (Å²) in [5.41, 5.74) is 0. The highest BCUT2D eigenvalue weighted by Crippen LogP contribution is 2.45. The molecular formula is C93H163N3O39. The van der Waals surface area contributed by atoms with Crippen LogP contribution in [0.5, 0.6) is 0 Å². The molecule has 42 nitrogen and oxygen atoms in total. The lowest BCUT2D eigenvalue weighted by Gasteiger charge is -2.53. The van der Waals surface area contributed by atoms with Crippen molar-refractivity contribution in [3.05, 3.63) is 24.3 Å². The predicted octanol–water partition coefficient (Wildman–Crippen LogP) is 0.119. The SMILES string of the molecule is CCCCCCCCC=CCCCCCCCCCCCCCCCC(=O)NC(COC1OC(CO)C(OC2OC(CO)C(OC3OC(CO)C(O)C(OC4OC(CO)C(O)C(OC5(C(=O)O)CC(O)C(NC(C)=O)C(C(O)C(O)CO)O5)C4O)C3CC(C)=O)C(OC3(C(=O)O)CC(O)C(NC(C)=O)C(C(O)C(O)CO)O3)C2O)C(O)C1O)C(O)C=CCCCCCCCCCCCCC. The van der Waals surface area contributed by atoms with Crippen molar-refractivity contribution in [1.82, 2.24) is 16.0 Å². The zero-order chi connectivity index (χ0) is 99.5. The molecular weight excluding hydrogens is 1780 g/mol. The Hall–Kier alpha value is -4.74. The number of unbranched alkanes of at least 4 members (excludes halogenated alkanes) is 30. The third kappa shape index (κ3) is 36.9. The number of ether oxygens (including phenoxy) is 12. The Morgan fingerprint density at radius 3 is 1.19 bits per heavy atom. The van der Waals surface area contributed by atoms with Crippen molar-refractivity contribution in [3.8, 4) is 0 Å². The van der Waals surface area contributed by atoms with Gasteiger partial charge in [0.05, 0.1) is 88.8 Å². The highest BCUT2D eigenvalue weighted by molar-refractivity contribution is 5.78. The largest absolute Gasteiger partial charge is 0.477 e. The molecule has 0 bridgehead atoms. The van der Waals surface area contributed by atoms with Gasteiger partial charge in [0.15, 0.2) is 25.2 Å². The molecule has 0 radical (unpaired) electrons. The lowest BCUT2D eigenvalue weighted by atomic mass is 9.86. The maximum absolute atomic E-state index is 14.1. The van der Waals surface area contributed by atoms with Gasteiger partial charge in [0.25, 0.3) is 11.6 Å². The summed E-state index contributed by atoms with van der Waals surface area (Å²) < 4.78 is 72.9. The molecule has 24 N–H and O–H groups in total. The van der Waals surface area contributed by atoms with E-state index in [4.69, 9.17) is 56.8 Å². The van der Waals surface area contributed by atoms with Crippen molar-refractivity contribution in [3.63, 3.8) is 0 Å². The van der Waals surface area contributed by atoms with E-state index in [-0.39, 0.29) is 6.42 Å². The Labute approximate surface area is 791 Å². The maximum atomic E-state index is 14.1. The summed E-state index contributed by atoms with van der Waals surface area (Å²) in [7, 11) is 0. The quantitative estimate of drug-likeness (QED) is 0.0284. The van der Waals surface area contributed by atoms with E-state index < -0.39 is 308 Å². The van der Waals surface area contributed by atoms with Crippen LogP contribution >= 0.6 is 0 Å². The van der Waals surface area contributed by atoms with Crippen LogP contribution in [-0.4, -0.2) is 390 Å². The van der Waals surface area contributed by atoms with E-state index in [0.717, 1.165) is 91.4 Å². The number of Topliss-reactive ketones (excluding diaryl/α,β-unsaturated/α-hetero) is 1. The van der Waals surface area contributed by atoms with Crippen molar-refractivity contribution < 1.29 is 193 Å². The van der Waals surface area contributed by atoms with Gasteiger partial charge in [-0.15, -0.1) is 0 Å². The molecule has 0 aromatic heterocycles. The maximum Gasteiger partial charge on any atom is 0.364 e. The summed E-state index contributed by atoms with van der Waals surface area (Å²) in [5, 5.41) is 246. The van der Waals surface area contributed by atoms with Gasteiger partial charge in [-0.2, -0.15) is 0 Å². The number of carbonyl (C=O) groups is 6. The minimum Gasteiger partial charge on any atom is -0.477 e. The minimum atomic E-state index is -3.49. The fourth-order valence-corrected chi connectivity index (χ4v) is 18.3. The minimum absolute atomic E-state index is 0.0952. The van der Waals surface area contributed by atoms with Crippen LogP contribution in [0.15, 0.2) is 24.3 Å². The average molecular weight is 1950 g/mol. The average Bonchev–Trinajstić information content (AvgIpc) is 0.748. The number of aliphatic hydroxyl groups excluding tert-OH is 19. The van der Waals surface area contributed by atoms with Gasteiger partial charge in [0.2, 0.25) is 17.7 Å². The molecule has 6 heterocycles. The smallest absolute Gasteiger partial charge is 0.364 e. The number of amides is 3. The Kier molecular flexibility index (Phi) is 55.2. The summed E-state index contributed by atoms with van der Waals surface area (Å²) in [6.45, 7) is -0.600. The first-order valence-corrected chi connectivity index (χ1v) is 49.1. The number of aliphatic hydroxyl groups is 19. The molecule has 0 aromatic rings. The zero-order valence-corrected chi connectivity index (χ0v) is 79.1. The van der Waals surface area contributed by atoms with Crippen LogP contribution in [0.4, 0.5) is 0 Å². The van der Waals surface area contributed by atoms with Crippen molar-refractivity contribution in [2.75, 3.05) is 46.2 Å². The number of nitrogens with one attached hydrogen (secondary N) is 3. The van der Waals surface area contributed by atoms with Crippen LogP contribution in [0, 0.1) is 5.92 Å². The first-order valence-electron chi connectivity index (χ1n) is 49.1. The summed E-state index contributed by atoms with van der Waals surface area (Å²) in [6.07, 6.45) is -20.2. The van der Waals surface area contributed by atoms with E-state index in [1.807, 2.05) is 0 Å². The Morgan fingerprint density at radius 2 is 0.770 bits per heavy atom. The van der Waals surface area contributed by atoms with E-state index in [0.29, 0.717) is 12.8 Å². The number of aliphatic carboxylic acids is 2. The molecule has 0 saturated carbocycles. The first kappa shape index (κ1) is 119. The Morgan fingerprint density at radius 1 is 0.407 bits per heavy atom. The third-order valence-corrected chi connectivity index (χ3v) is 26.0. The number of carbonyl (C=O) groups excluding carboxylic acids is 4. The summed E-state index contributed by atoms with van der Waals surface area (Å²) in [5.74, 6) is -16.1. The van der Waals surface area contributed by atoms with Crippen LogP contribution < -0.4 is 16.0 Å². The standard InChI is InChI=1S/C93H163N3O39/c1-6-8-10-12-14-16-18-20-21-22-23-24-25-26-27-28-29-31-33-35-37-39-41-43-68(111)96-58(59(106)42-40-38-36-34-32-30-19-17-15-13-11-9-7-2)53-124-87-76(117)75(116)80(66(51-101)127-87)130-89-78(119)85(135-93(91(122)123)46-61(108)70(95-56(5)105)83(133-93)72(113)63(110)48-98)81(67(52-102)128-89)131-86-57(44-54(3)103)79(73(114)64(49-99)125-86)129-88-77(118)84(74(115)65(50-100)126-88)134-92(90(120)121)45-60(107)69(94-55(4)104)82(132-92)71(112)62(109)47-97/h20-21,40,42,57-67,69-89,97-102,106-110,112-119H,6-19,22-39,41,43-53H2,1-5H3,(H,94,104)(H,95,105)(H,96,111)(H,120,121)(H,122,123). The van der Waals surface area contributed by atoms with Gasteiger partial charge in [0.1, 0.15) is 128 Å². The second kappa shape index (κ2) is 62.6. The van der Waals surface area contributed by atoms with Gasteiger partial charge in [-0.05, 0) is 51.9 Å². The molecule has 784 valence electrons. The highest BCUT2D eigenvalue weighted by Gasteiger charge is 2.64. The van der Waals surface area contributed by atoms with E-state index in [1.165, 1.54) is 134 Å². The van der Waals surface area contributed by atoms with E-state index in [1.54, 1.807) is 6.08 Å². The van der Waals surface area contributed by atoms with Gasteiger partial charge < -0.3 is 185 Å². The normalized spacial score (nSPS) is 33.8. The van der Waals surface area contributed by atoms with Crippen molar-refractivity contribution >= 4 is 35.4 Å². The van der Waals surface area contributed by atoms with Crippen molar-refractivity contribution in [1.29, 1.82) is 0 Å². The molecule has 42 heteroatoms. The second-order valence-electron chi connectivity index (χ2n) is 37.1. The molecule has 0 aliphatic carbocycles. The molecule has 6 fully saturated rings. The summed E-state index contributed by atoms with van der Waals surface area (Å²) >= 11 is 0. The number of allylic oxidation sites excluding steroid dienone is 3. The monoisotopic (exact) mass is 1950 g/mol. The molecule has 34 atom stereocenters. The molecule has 0 spiro atoms. The van der Waals surface area contributed by atoms with Gasteiger partial charge in [0, 0.05) is 45.4 Å². The van der Waals surface area contributed by atoms with Gasteiger partial charge >= 0.3 is 11.9 Å². The van der Waals surface area contributed by atoms with E-state index in [2.05, 4.69) is 41.9 Å². The Balaban J connectivity index is 1.24. The van der Waals surface area contributed by atoms with Gasteiger partial charge in [-0.3, -0.25) is 14.4 Å². The lowest BCUT2D eigenvalue weighted by Crippen LogP contribution is -2.71. The summed E-state index contributed by atoms with van der Waals surface area (Å²) in [4.78, 5) is 79.9. The van der Waals surface area contributed by atoms with Crippen LogP contribution in [0.2, 0.25) is 0 Å². The molecule has 6 aliphatic heterocycles. The van der Waals surface area contributed by atoms with Gasteiger partial charge in [-0.1, -0.05) is 205 Å². The van der Waals surface area contributed by atoms with Crippen molar-refractivity contribution in [2.45, 2.75) is 474 Å². The Bertz CT molecular complexity index is 3400. The molecule has 6 saturated heterocycles. The molecule has 0 aromatic carbocycles. The molecule has 3 amide bonds. The van der Waals surface area contributed by atoms with Crippen LogP contribution in [0.25, 0.3) is 0 Å². The predicted molar refractivity (Wildman–Crippen MR) is 478 cm³/mol. The number of hydrogen-bond donors (Lipinski definition) is 24. The molecule has 135 heavy (non-hydrogen) atoms. The number of ketones is 1. The van der Waals surface area contributed by atoms with Crippen LogP contribution in [0.1, 0.15) is 272 Å². The third-order valence-electron chi connectivity index (χ3n) is 26.0. The molecule has 6 rings (SSSR count). The number of hydrogen-bond acceptors (Lipinski definition) is 37. The lowest BCUT2D eigenvalue weighted by molar-refractivity contribution is -0.408. The fourth-order valence-electron chi connectivity index (χ4n) is 18.3. The molecule has 34 unspecified atom stereocenters. The fraction of sp³-hybridized carbons (Fsp3) is 0.892. The van der Waals surface area contributed by atoms with Gasteiger partial charge in [-0.25, -0.2) is 9.59 Å².